The molecule has 1 aromatic heterocycles. The van der Waals surface area contributed by atoms with Crippen LogP contribution >= 0.6 is 0 Å². The number of benzene rings is 1. The number of hydrogen-bond acceptors (Lipinski definition) is 2. The quantitative estimate of drug-likeness (QED) is 0.798. The minimum absolute atomic E-state index is 0.0375. The van der Waals surface area contributed by atoms with Crippen molar-refractivity contribution in [1.29, 1.82) is 0 Å². The molecule has 0 aliphatic rings. The van der Waals surface area contributed by atoms with E-state index >= 15 is 0 Å². The van der Waals surface area contributed by atoms with Crippen molar-refractivity contribution in [2.24, 2.45) is 5.92 Å². The molecule has 0 saturated carbocycles. The van der Waals surface area contributed by atoms with Crippen molar-refractivity contribution >= 4 is 5.91 Å². The van der Waals surface area contributed by atoms with Crippen LogP contribution in [0.15, 0.2) is 48.8 Å². The van der Waals surface area contributed by atoms with Gasteiger partial charge in [-0.2, -0.15) is 0 Å². The second kappa shape index (κ2) is 8.27. The van der Waals surface area contributed by atoms with Crippen molar-refractivity contribution in [3.8, 4) is 0 Å². The number of aryl methyl sites for hydroxylation is 1. The van der Waals surface area contributed by atoms with Crippen molar-refractivity contribution in [1.82, 2.24) is 10.3 Å². The first-order valence-corrected chi connectivity index (χ1v) is 7.56. The summed E-state index contributed by atoms with van der Waals surface area (Å²) in [4.78, 5) is 16.1. The number of aromatic nitrogens is 1. The van der Waals surface area contributed by atoms with E-state index in [1.165, 1.54) is 17.7 Å². The smallest absolute Gasteiger partial charge is 0.223 e. The average Bonchev–Trinajstić information content (AvgIpc) is 2.54. The Hall–Kier alpha value is -2.23. The van der Waals surface area contributed by atoms with Gasteiger partial charge in [0.1, 0.15) is 5.82 Å². The van der Waals surface area contributed by atoms with E-state index in [1.807, 2.05) is 25.3 Å². The maximum absolute atomic E-state index is 12.8. The molecule has 1 atom stereocenters. The standard InChI is InChI=1S/C18H21FN2O/c1-14(12-15-6-8-17(19)9-7-15)18(22)21-11-3-5-16-4-2-10-20-13-16/h2,4,6-10,13-14H,3,5,11-12H2,1H3,(H,21,22). The normalized spacial score (nSPS) is 11.9. The molecule has 2 rings (SSSR count). The molecule has 1 amide bonds. The fourth-order valence-electron chi connectivity index (χ4n) is 2.29. The first-order valence-electron chi connectivity index (χ1n) is 7.56. The van der Waals surface area contributed by atoms with Crippen molar-refractivity contribution in [3.63, 3.8) is 0 Å². The molecule has 1 heterocycles. The highest BCUT2D eigenvalue weighted by atomic mass is 19.1. The molecule has 0 spiro atoms. The average molecular weight is 300 g/mol. The molecule has 3 nitrogen and oxygen atoms in total. The van der Waals surface area contributed by atoms with Crippen molar-refractivity contribution in [2.45, 2.75) is 26.2 Å². The summed E-state index contributed by atoms with van der Waals surface area (Å²) in [5.41, 5.74) is 2.15. The van der Waals surface area contributed by atoms with Gasteiger partial charge in [-0.1, -0.05) is 25.1 Å². The van der Waals surface area contributed by atoms with Gasteiger partial charge in [0.25, 0.3) is 0 Å². The molecule has 4 heteroatoms. The zero-order chi connectivity index (χ0) is 15.8. The van der Waals surface area contributed by atoms with Gasteiger partial charge < -0.3 is 5.32 Å². The summed E-state index contributed by atoms with van der Waals surface area (Å²) >= 11 is 0. The number of carbonyl (C=O) groups excluding carboxylic acids is 1. The molecule has 0 radical (unpaired) electrons. The number of hydrogen-bond donors (Lipinski definition) is 1. The molecule has 116 valence electrons. The summed E-state index contributed by atoms with van der Waals surface area (Å²) in [5.74, 6) is -0.337. The fraction of sp³-hybridized carbons (Fsp3) is 0.333. The third-order valence-electron chi connectivity index (χ3n) is 3.57. The SMILES string of the molecule is CC(Cc1ccc(F)cc1)C(=O)NCCCc1cccnc1. The van der Waals surface area contributed by atoms with Crippen LogP contribution in [0.25, 0.3) is 0 Å². The molecule has 1 aromatic carbocycles. The van der Waals surface area contributed by atoms with E-state index in [0.717, 1.165) is 18.4 Å². The van der Waals surface area contributed by atoms with Crippen LogP contribution in [-0.4, -0.2) is 17.4 Å². The van der Waals surface area contributed by atoms with Gasteiger partial charge in [-0.05, 0) is 48.6 Å². The molecule has 22 heavy (non-hydrogen) atoms. The Bertz CT molecular complexity index is 584. The van der Waals surface area contributed by atoms with Crippen molar-refractivity contribution < 1.29 is 9.18 Å². The van der Waals surface area contributed by atoms with Gasteiger partial charge in [0, 0.05) is 24.9 Å². The Morgan fingerprint density at radius 2 is 2.00 bits per heavy atom. The van der Waals surface area contributed by atoms with Gasteiger partial charge in [-0.3, -0.25) is 9.78 Å². The second-order valence-electron chi connectivity index (χ2n) is 5.49. The number of amides is 1. The highest BCUT2D eigenvalue weighted by Crippen LogP contribution is 2.10. The number of nitrogens with one attached hydrogen (secondary N) is 1. The Kier molecular flexibility index (Phi) is 6.07. The minimum Gasteiger partial charge on any atom is -0.356 e. The van der Waals surface area contributed by atoms with E-state index in [-0.39, 0.29) is 17.6 Å². The summed E-state index contributed by atoms with van der Waals surface area (Å²) in [6.45, 7) is 2.54. The van der Waals surface area contributed by atoms with Crippen LogP contribution in [0.3, 0.4) is 0 Å². The monoisotopic (exact) mass is 300 g/mol. The van der Waals surface area contributed by atoms with Crippen LogP contribution < -0.4 is 5.32 Å². The lowest BCUT2D eigenvalue weighted by Gasteiger charge is -2.12. The zero-order valence-corrected chi connectivity index (χ0v) is 12.8. The number of nitrogens with zero attached hydrogens (tertiary/aromatic N) is 1. The summed E-state index contributed by atoms with van der Waals surface area (Å²) in [6, 6.07) is 10.2. The lowest BCUT2D eigenvalue weighted by atomic mass is 10.0. The predicted octanol–water partition coefficient (Wildman–Crippen LogP) is 3.15. The Balaban J connectivity index is 1.69. The first kappa shape index (κ1) is 16.1. The summed E-state index contributed by atoms with van der Waals surface area (Å²) in [7, 11) is 0. The molecule has 0 aliphatic heterocycles. The molecular weight excluding hydrogens is 279 g/mol. The van der Waals surface area contributed by atoms with Gasteiger partial charge in [-0.25, -0.2) is 4.39 Å². The summed E-state index contributed by atoms with van der Waals surface area (Å²) in [5, 5.41) is 2.95. The topological polar surface area (TPSA) is 42.0 Å². The van der Waals surface area contributed by atoms with Crippen molar-refractivity contribution in [2.75, 3.05) is 6.54 Å². The summed E-state index contributed by atoms with van der Waals surface area (Å²) in [6.07, 6.45) is 6.01. The van der Waals surface area contributed by atoms with E-state index in [0.29, 0.717) is 13.0 Å². The predicted molar refractivity (Wildman–Crippen MR) is 84.8 cm³/mol. The molecule has 1 N–H and O–H groups in total. The van der Waals surface area contributed by atoms with E-state index < -0.39 is 0 Å². The maximum atomic E-state index is 12.8. The maximum Gasteiger partial charge on any atom is 0.223 e. The van der Waals surface area contributed by atoms with Gasteiger partial charge >= 0.3 is 0 Å². The lowest BCUT2D eigenvalue weighted by molar-refractivity contribution is -0.124. The number of carbonyl (C=O) groups is 1. The second-order valence-corrected chi connectivity index (χ2v) is 5.49. The van der Waals surface area contributed by atoms with E-state index in [2.05, 4.69) is 10.3 Å². The van der Waals surface area contributed by atoms with Gasteiger partial charge in [-0.15, -0.1) is 0 Å². The minimum atomic E-state index is -0.253. The first-order chi connectivity index (χ1) is 10.6. The highest BCUT2D eigenvalue weighted by molar-refractivity contribution is 5.78. The Morgan fingerprint density at radius 1 is 1.23 bits per heavy atom. The zero-order valence-electron chi connectivity index (χ0n) is 12.8. The molecule has 1 unspecified atom stereocenters. The van der Waals surface area contributed by atoms with Crippen LogP contribution in [0.5, 0.6) is 0 Å². The fourth-order valence-corrected chi connectivity index (χ4v) is 2.29. The van der Waals surface area contributed by atoms with Gasteiger partial charge in [0.05, 0.1) is 0 Å². The van der Waals surface area contributed by atoms with Crippen LogP contribution in [0.4, 0.5) is 4.39 Å². The Morgan fingerprint density at radius 3 is 2.68 bits per heavy atom. The number of rotatable bonds is 7. The molecule has 2 aromatic rings. The molecule has 0 fully saturated rings. The van der Waals surface area contributed by atoms with E-state index in [9.17, 15) is 9.18 Å². The van der Waals surface area contributed by atoms with Crippen LogP contribution in [0, 0.1) is 11.7 Å². The number of halogens is 1. The van der Waals surface area contributed by atoms with Gasteiger partial charge in [0.15, 0.2) is 0 Å². The molecule has 0 aliphatic carbocycles. The van der Waals surface area contributed by atoms with Crippen molar-refractivity contribution in [3.05, 3.63) is 65.7 Å². The van der Waals surface area contributed by atoms with E-state index in [4.69, 9.17) is 0 Å². The van der Waals surface area contributed by atoms with Gasteiger partial charge in [0.2, 0.25) is 5.91 Å². The van der Waals surface area contributed by atoms with E-state index in [1.54, 1.807) is 18.3 Å². The highest BCUT2D eigenvalue weighted by Gasteiger charge is 2.12. The van der Waals surface area contributed by atoms with Crippen LogP contribution in [-0.2, 0) is 17.6 Å². The Labute approximate surface area is 130 Å². The third-order valence-corrected chi connectivity index (χ3v) is 3.57. The number of pyridine rings is 1. The van der Waals surface area contributed by atoms with Crippen LogP contribution in [0.2, 0.25) is 0 Å². The summed E-state index contributed by atoms with van der Waals surface area (Å²) < 4.78 is 12.8. The lowest BCUT2D eigenvalue weighted by Crippen LogP contribution is -2.31. The largest absolute Gasteiger partial charge is 0.356 e. The molecule has 0 bridgehead atoms. The third kappa shape index (κ3) is 5.28. The molecular formula is C18H21FN2O. The molecule has 0 saturated heterocycles. The van der Waals surface area contributed by atoms with Crippen LogP contribution in [0.1, 0.15) is 24.5 Å².